The summed E-state index contributed by atoms with van der Waals surface area (Å²) in [6.45, 7) is 4.82. The number of nitrogens with zero attached hydrogens (tertiary/aromatic N) is 1. The number of carbonyl (C=O) groups is 1. The second kappa shape index (κ2) is 5.42. The molecule has 1 fully saturated rings. The van der Waals surface area contributed by atoms with Gasteiger partial charge in [-0.25, -0.2) is 0 Å². The highest BCUT2D eigenvalue weighted by Gasteiger charge is 2.32. The minimum Gasteiger partial charge on any atom is -0.398 e. The molecule has 0 unspecified atom stereocenters. The number of nitrogen functional groups attached to an aromatic ring is 1. The van der Waals surface area contributed by atoms with Gasteiger partial charge in [-0.3, -0.25) is 4.79 Å². The maximum absolute atomic E-state index is 12.2. The van der Waals surface area contributed by atoms with E-state index in [0.717, 1.165) is 24.1 Å². The van der Waals surface area contributed by atoms with Crippen LogP contribution >= 0.6 is 0 Å². The van der Waals surface area contributed by atoms with Gasteiger partial charge in [0.25, 0.3) is 0 Å². The van der Waals surface area contributed by atoms with Gasteiger partial charge in [-0.05, 0) is 30.4 Å². The SMILES string of the molecule is CC(C)CC(=O)N(Cc1ccccc1N)C1CC1. The van der Waals surface area contributed by atoms with E-state index in [2.05, 4.69) is 13.8 Å². The minimum absolute atomic E-state index is 0.260. The Morgan fingerprint density at radius 1 is 1.39 bits per heavy atom. The third-order valence-corrected chi connectivity index (χ3v) is 3.29. The minimum atomic E-state index is 0.260. The molecular formula is C15H22N2O. The molecule has 3 nitrogen and oxygen atoms in total. The smallest absolute Gasteiger partial charge is 0.223 e. The maximum atomic E-state index is 12.2. The van der Waals surface area contributed by atoms with Crippen LogP contribution in [-0.4, -0.2) is 16.8 Å². The average molecular weight is 246 g/mol. The van der Waals surface area contributed by atoms with Crippen molar-refractivity contribution in [1.82, 2.24) is 4.90 Å². The largest absolute Gasteiger partial charge is 0.398 e. The lowest BCUT2D eigenvalue weighted by Crippen LogP contribution is -2.33. The number of rotatable bonds is 5. The number of para-hydroxylation sites is 1. The molecule has 1 aliphatic rings. The van der Waals surface area contributed by atoms with Gasteiger partial charge in [0.15, 0.2) is 0 Å². The Labute approximate surface area is 109 Å². The van der Waals surface area contributed by atoms with Crippen molar-refractivity contribution in [3.63, 3.8) is 0 Å². The summed E-state index contributed by atoms with van der Waals surface area (Å²) in [6, 6.07) is 8.25. The van der Waals surface area contributed by atoms with Gasteiger partial charge in [-0.1, -0.05) is 32.0 Å². The summed E-state index contributed by atoms with van der Waals surface area (Å²) in [7, 11) is 0. The summed E-state index contributed by atoms with van der Waals surface area (Å²) in [5.74, 6) is 0.669. The number of hydrogen-bond acceptors (Lipinski definition) is 2. The molecule has 1 aromatic carbocycles. The molecule has 1 amide bonds. The highest BCUT2D eigenvalue weighted by Crippen LogP contribution is 2.30. The zero-order valence-corrected chi connectivity index (χ0v) is 11.2. The highest BCUT2D eigenvalue weighted by atomic mass is 16.2. The number of anilines is 1. The molecule has 0 atom stereocenters. The van der Waals surface area contributed by atoms with Crippen LogP contribution in [0.25, 0.3) is 0 Å². The lowest BCUT2D eigenvalue weighted by atomic mass is 10.1. The van der Waals surface area contributed by atoms with E-state index in [1.54, 1.807) is 0 Å². The molecule has 3 heteroatoms. The summed E-state index contributed by atoms with van der Waals surface area (Å²) in [4.78, 5) is 14.2. The summed E-state index contributed by atoms with van der Waals surface area (Å²) < 4.78 is 0. The van der Waals surface area contributed by atoms with Gasteiger partial charge in [-0.15, -0.1) is 0 Å². The number of amides is 1. The Morgan fingerprint density at radius 2 is 2.06 bits per heavy atom. The fourth-order valence-electron chi connectivity index (χ4n) is 2.14. The van der Waals surface area contributed by atoms with Crippen LogP contribution in [-0.2, 0) is 11.3 Å². The summed E-state index contributed by atoms with van der Waals surface area (Å²) in [6.07, 6.45) is 2.90. The number of carbonyl (C=O) groups excluding carboxylic acids is 1. The first-order valence-corrected chi connectivity index (χ1v) is 6.70. The van der Waals surface area contributed by atoms with Crippen molar-refractivity contribution in [2.24, 2.45) is 5.92 Å². The van der Waals surface area contributed by atoms with E-state index in [1.165, 1.54) is 0 Å². The molecule has 0 aliphatic heterocycles. The van der Waals surface area contributed by atoms with Crippen molar-refractivity contribution in [2.45, 2.75) is 45.7 Å². The van der Waals surface area contributed by atoms with Gasteiger partial charge < -0.3 is 10.6 Å². The Bertz CT molecular complexity index is 424. The summed E-state index contributed by atoms with van der Waals surface area (Å²) in [5.41, 5.74) is 7.79. The Kier molecular flexibility index (Phi) is 3.90. The topological polar surface area (TPSA) is 46.3 Å². The zero-order valence-electron chi connectivity index (χ0n) is 11.2. The Hall–Kier alpha value is -1.51. The van der Waals surface area contributed by atoms with Crippen LogP contribution in [0.1, 0.15) is 38.7 Å². The second-order valence-electron chi connectivity index (χ2n) is 5.55. The fraction of sp³-hybridized carbons (Fsp3) is 0.533. The lowest BCUT2D eigenvalue weighted by Gasteiger charge is -2.24. The molecule has 2 rings (SSSR count). The quantitative estimate of drug-likeness (QED) is 0.812. The van der Waals surface area contributed by atoms with Gasteiger partial charge in [0, 0.05) is 24.7 Å². The highest BCUT2D eigenvalue weighted by molar-refractivity contribution is 5.77. The first-order chi connectivity index (χ1) is 8.58. The molecule has 1 saturated carbocycles. The van der Waals surface area contributed by atoms with Crippen LogP contribution in [0.2, 0.25) is 0 Å². The van der Waals surface area contributed by atoms with Crippen molar-refractivity contribution in [3.8, 4) is 0 Å². The van der Waals surface area contributed by atoms with Crippen molar-refractivity contribution in [3.05, 3.63) is 29.8 Å². The van der Waals surface area contributed by atoms with E-state index < -0.39 is 0 Å². The average Bonchev–Trinajstić information content (AvgIpc) is 3.11. The molecule has 0 spiro atoms. The molecule has 0 aromatic heterocycles. The van der Waals surface area contributed by atoms with Gasteiger partial charge in [0.1, 0.15) is 0 Å². The normalized spacial score (nSPS) is 14.8. The summed E-state index contributed by atoms with van der Waals surface area (Å²) >= 11 is 0. The van der Waals surface area contributed by atoms with E-state index in [9.17, 15) is 4.79 Å². The predicted octanol–water partition coefficient (Wildman–Crippen LogP) is 2.81. The van der Waals surface area contributed by atoms with Crippen molar-refractivity contribution < 1.29 is 4.79 Å². The third-order valence-electron chi connectivity index (χ3n) is 3.29. The van der Waals surface area contributed by atoms with E-state index in [0.29, 0.717) is 24.9 Å². The monoisotopic (exact) mass is 246 g/mol. The predicted molar refractivity (Wildman–Crippen MR) is 73.9 cm³/mol. The van der Waals surface area contributed by atoms with Gasteiger partial charge in [0.2, 0.25) is 5.91 Å². The van der Waals surface area contributed by atoms with Crippen LogP contribution in [0.5, 0.6) is 0 Å². The molecule has 1 aliphatic carbocycles. The lowest BCUT2D eigenvalue weighted by molar-refractivity contribution is -0.133. The second-order valence-corrected chi connectivity index (χ2v) is 5.55. The van der Waals surface area contributed by atoms with Crippen LogP contribution in [0.3, 0.4) is 0 Å². The molecule has 0 bridgehead atoms. The number of hydrogen-bond donors (Lipinski definition) is 1. The molecule has 0 saturated heterocycles. The molecule has 0 radical (unpaired) electrons. The van der Waals surface area contributed by atoms with Crippen molar-refractivity contribution in [2.75, 3.05) is 5.73 Å². The Balaban J connectivity index is 2.07. The fourth-order valence-corrected chi connectivity index (χ4v) is 2.14. The number of benzene rings is 1. The molecular weight excluding hydrogens is 224 g/mol. The molecule has 98 valence electrons. The first-order valence-electron chi connectivity index (χ1n) is 6.70. The molecule has 0 heterocycles. The van der Waals surface area contributed by atoms with Crippen LogP contribution in [0, 0.1) is 5.92 Å². The van der Waals surface area contributed by atoms with Crippen molar-refractivity contribution in [1.29, 1.82) is 0 Å². The van der Waals surface area contributed by atoms with Crippen LogP contribution in [0.4, 0.5) is 5.69 Å². The summed E-state index contributed by atoms with van der Waals surface area (Å²) in [5, 5.41) is 0. The maximum Gasteiger partial charge on any atom is 0.223 e. The van der Waals surface area contributed by atoms with E-state index >= 15 is 0 Å². The van der Waals surface area contributed by atoms with E-state index in [1.807, 2.05) is 29.2 Å². The van der Waals surface area contributed by atoms with Gasteiger partial charge in [-0.2, -0.15) is 0 Å². The molecule has 1 aromatic rings. The van der Waals surface area contributed by atoms with Crippen LogP contribution < -0.4 is 5.73 Å². The standard InChI is InChI=1S/C15H22N2O/c1-11(2)9-15(18)17(13-7-8-13)10-12-5-3-4-6-14(12)16/h3-6,11,13H,7-10,16H2,1-2H3. The van der Waals surface area contributed by atoms with E-state index in [4.69, 9.17) is 5.73 Å². The molecule has 2 N–H and O–H groups in total. The number of nitrogens with two attached hydrogens (primary N) is 1. The van der Waals surface area contributed by atoms with Gasteiger partial charge >= 0.3 is 0 Å². The Morgan fingerprint density at radius 3 is 2.61 bits per heavy atom. The van der Waals surface area contributed by atoms with Gasteiger partial charge in [0.05, 0.1) is 0 Å². The molecule has 18 heavy (non-hydrogen) atoms. The van der Waals surface area contributed by atoms with Crippen LogP contribution in [0.15, 0.2) is 24.3 Å². The first kappa shape index (κ1) is 12.9. The van der Waals surface area contributed by atoms with Crippen molar-refractivity contribution >= 4 is 11.6 Å². The zero-order chi connectivity index (χ0) is 13.1. The van der Waals surface area contributed by atoms with E-state index in [-0.39, 0.29) is 5.91 Å². The third kappa shape index (κ3) is 3.25.